The van der Waals surface area contributed by atoms with Crippen LogP contribution in [-0.4, -0.2) is 32.7 Å². The molecule has 0 radical (unpaired) electrons. The van der Waals surface area contributed by atoms with E-state index in [1.54, 1.807) is 0 Å². The van der Waals surface area contributed by atoms with Crippen molar-refractivity contribution >= 4 is 11.9 Å². The fourth-order valence-electron chi connectivity index (χ4n) is 1.71. The second-order valence-corrected chi connectivity index (χ2v) is 4.03. The van der Waals surface area contributed by atoms with Gasteiger partial charge in [0.2, 0.25) is 0 Å². The van der Waals surface area contributed by atoms with Gasteiger partial charge in [0.15, 0.2) is 0 Å². The minimum Gasteiger partial charge on any atom is -0.480 e. The molecule has 1 saturated carbocycles. The smallest absolute Gasteiger partial charge is 0.329 e. The second-order valence-electron chi connectivity index (χ2n) is 4.03. The Morgan fingerprint density at radius 2 is 2.18 bits per heavy atom. The lowest BCUT2D eigenvalue weighted by Crippen LogP contribution is -2.59. The maximum Gasteiger partial charge on any atom is 0.329 e. The third kappa shape index (κ3) is 2.03. The first kappa shape index (κ1) is 11.3. The molecule has 1 aliphatic rings. The lowest BCUT2D eigenvalue weighted by Gasteiger charge is -2.38. The van der Waals surface area contributed by atoms with Gasteiger partial charge in [0.05, 0.1) is 11.8 Å². The third-order valence-corrected chi connectivity index (χ3v) is 2.90. The molecule has 0 aliphatic heterocycles. The highest BCUT2D eigenvalue weighted by atomic mass is 16.4. The molecular formula is C10H11N3O4. The highest BCUT2D eigenvalue weighted by molar-refractivity contribution is 5.97. The normalized spacial score (nSPS) is 16.9. The Morgan fingerprint density at radius 3 is 2.65 bits per heavy atom. The van der Waals surface area contributed by atoms with E-state index in [4.69, 9.17) is 5.11 Å². The van der Waals surface area contributed by atoms with Crippen molar-refractivity contribution in [2.45, 2.75) is 24.8 Å². The average molecular weight is 237 g/mol. The molecule has 0 saturated heterocycles. The minimum atomic E-state index is -1.18. The van der Waals surface area contributed by atoms with E-state index in [0.29, 0.717) is 12.8 Å². The van der Waals surface area contributed by atoms with Crippen LogP contribution >= 0.6 is 0 Å². The molecule has 1 fully saturated rings. The highest BCUT2D eigenvalue weighted by Crippen LogP contribution is 2.32. The molecule has 3 N–H and O–H groups in total. The average Bonchev–Trinajstić information content (AvgIpc) is 2.22. The van der Waals surface area contributed by atoms with Gasteiger partial charge in [0.1, 0.15) is 5.54 Å². The van der Waals surface area contributed by atoms with Gasteiger partial charge in [-0.3, -0.25) is 9.59 Å². The van der Waals surface area contributed by atoms with Crippen LogP contribution in [0, 0.1) is 0 Å². The Labute approximate surface area is 95.9 Å². The van der Waals surface area contributed by atoms with Crippen molar-refractivity contribution in [2.24, 2.45) is 0 Å². The Balaban J connectivity index is 2.17. The van der Waals surface area contributed by atoms with Crippen LogP contribution in [0.4, 0.5) is 0 Å². The zero-order chi connectivity index (χ0) is 12.5. The summed E-state index contributed by atoms with van der Waals surface area (Å²) < 4.78 is 0. The quantitative estimate of drug-likeness (QED) is 0.656. The molecule has 0 aromatic carbocycles. The van der Waals surface area contributed by atoms with Crippen LogP contribution in [0.1, 0.15) is 29.6 Å². The Hall–Kier alpha value is -2.18. The van der Waals surface area contributed by atoms with Crippen LogP contribution in [0.5, 0.6) is 0 Å². The van der Waals surface area contributed by atoms with Gasteiger partial charge in [0.25, 0.3) is 11.5 Å². The zero-order valence-corrected chi connectivity index (χ0v) is 8.90. The van der Waals surface area contributed by atoms with Crippen molar-refractivity contribution in [3.8, 4) is 0 Å². The number of hydrogen-bond acceptors (Lipinski definition) is 4. The molecule has 0 spiro atoms. The molecule has 0 unspecified atom stereocenters. The number of amides is 1. The number of aliphatic carboxylic acids is 1. The molecule has 0 bridgehead atoms. The number of hydrogen-bond donors (Lipinski definition) is 3. The number of aromatic nitrogens is 2. The number of nitrogens with one attached hydrogen (secondary N) is 2. The number of carboxylic acid groups (broad SMARTS) is 1. The van der Waals surface area contributed by atoms with Crippen LogP contribution < -0.4 is 10.9 Å². The predicted octanol–water partition coefficient (Wildman–Crippen LogP) is -0.493. The number of carbonyl (C=O) groups is 2. The molecule has 7 nitrogen and oxygen atoms in total. The maximum atomic E-state index is 11.7. The van der Waals surface area contributed by atoms with Gasteiger partial charge in [-0.05, 0) is 19.3 Å². The van der Waals surface area contributed by atoms with Crippen molar-refractivity contribution in [1.29, 1.82) is 0 Å². The van der Waals surface area contributed by atoms with Crippen LogP contribution in [0.25, 0.3) is 0 Å². The summed E-state index contributed by atoms with van der Waals surface area (Å²) >= 11 is 0. The Kier molecular flexibility index (Phi) is 2.66. The van der Waals surface area contributed by atoms with Gasteiger partial charge >= 0.3 is 5.97 Å². The van der Waals surface area contributed by atoms with E-state index >= 15 is 0 Å². The standard InChI is InChI=1S/C10H11N3O4/c14-7-4-6(5-11-13-7)8(15)12-10(9(16)17)2-1-3-10/h4-5H,1-3H2,(H,12,15)(H,13,14)(H,16,17). The Bertz CT molecular complexity index is 518. The number of nitrogens with zero attached hydrogens (tertiary/aromatic N) is 1. The van der Waals surface area contributed by atoms with Crippen LogP contribution in [0.3, 0.4) is 0 Å². The van der Waals surface area contributed by atoms with Crippen LogP contribution in [-0.2, 0) is 4.79 Å². The predicted molar refractivity (Wildman–Crippen MR) is 56.5 cm³/mol. The summed E-state index contributed by atoms with van der Waals surface area (Å²) in [7, 11) is 0. The summed E-state index contributed by atoms with van der Waals surface area (Å²) in [4.78, 5) is 33.7. The molecule has 1 aromatic heterocycles. The summed E-state index contributed by atoms with van der Waals surface area (Å²) in [5.41, 5.74) is -1.63. The lowest BCUT2D eigenvalue weighted by atomic mass is 9.76. The molecule has 1 aliphatic carbocycles. The van der Waals surface area contributed by atoms with Crippen LogP contribution in [0.2, 0.25) is 0 Å². The first-order chi connectivity index (χ1) is 8.03. The maximum absolute atomic E-state index is 11.7. The summed E-state index contributed by atoms with van der Waals surface area (Å²) in [6.07, 6.45) is 2.76. The van der Waals surface area contributed by atoms with Gasteiger partial charge < -0.3 is 10.4 Å². The van der Waals surface area contributed by atoms with E-state index in [1.807, 2.05) is 0 Å². The fourth-order valence-corrected chi connectivity index (χ4v) is 1.71. The van der Waals surface area contributed by atoms with E-state index in [2.05, 4.69) is 15.5 Å². The molecule has 1 aromatic rings. The number of carbonyl (C=O) groups excluding carboxylic acids is 1. The summed E-state index contributed by atoms with van der Waals surface area (Å²) in [5.74, 6) is -1.64. The number of aromatic amines is 1. The van der Waals surface area contributed by atoms with Crippen molar-refractivity contribution in [2.75, 3.05) is 0 Å². The number of carboxylic acids is 1. The monoisotopic (exact) mass is 237 g/mol. The topological polar surface area (TPSA) is 112 Å². The zero-order valence-electron chi connectivity index (χ0n) is 8.90. The van der Waals surface area contributed by atoms with Crippen molar-refractivity contribution in [1.82, 2.24) is 15.5 Å². The molecule has 90 valence electrons. The van der Waals surface area contributed by atoms with Crippen molar-refractivity contribution < 1.29 is 14.7 Å². The van der Waals surface area contributed by atoms with Crippen molar-refractivity contribution in [3.63, 3.8) is 0 Å². The number of rotatable bonds is 3. The lowest BCUT2D eigenvalue weighted by molar-refractivity contribution is -0.148. The largest absolute Gasteiger partial charge is 0.480 e. The van der Waals surface area contributed by atoms with Gasteiger partial charge in [0, 0.05) is 6.07 Å². The minimum absolute atomic E-state index is 0.0567. The molecule has 2 rings (SSSR count). The molecule has 17 heavy (non-hydrogen) atoms. The SMILES string of the molecule is O=C(NC1(C(=O)O)CCC1)c1cn[nH]c(=O)c1. The first-order valence-electron chi connectivity index (χ1n) is 5.14. The second kappa shape index (κ2) is 4.00. The van der Waals surface area contributed by atoms with E-state index in [0.717, 1.165) is 12.5 Å². The molecular weight excluding hydrogens is 226 g/mol. The molecule has 7 heteroatoms. The Morgan fingerprint density at radius 1 is 1.47 bits per heavy atom. The van der Waals surface area contributed by atoms with E-state index in [9.17, 15) is 14.4 Å². The van der Waals surface area contributed by atoms with Crippen LogP contribution in [0.15, 0.2) is 17.1 Å². The van der Waals surface area contributed by atoms with E-state index < -0.39 is 23.0 Å². The van der Waals surface area contributed by atoms with Gasteiger partial charge in [-0.15, -0.1) is 0 Å². The third-order valence-electron chi connectivity index (χ3n) is 2.90. The van der Waals surface area contributed by atoms with Gasteiger partial charge in [-0.2, -0.15) is 5.10 Å². The highest BCUT2D eigenvalue weighted by Gasteiger charge is 2.45. The molecule has 1 heterocycles. The first-order valence-corrected chi connectivity index (χ1v) is 5.14. The van der Waals surface area contributed by atoms with Gasteiger partial charge in [-0.1, -0.05) is 0 Å². The van der Waals surface area contributed by atoms with E-state index in [1.165, 1.54) is 6.20 Å². The fraction of sp³-hybridized carbons (Fsp3) is 0.400. The molecule has 0 atom stereocenters. The van der Waals surface area contributed by atoms with Crippen molar-refractivity contribution in [3.05, 3.63) is 28.2 Å². The summed E-state index contributed by atoms with van der Waals surface area (Å²) in [6, 6.07) is 1.08. The molecule has 1 amide bonds. The summed E-state index contributed by atoms with van der Waals surface area (Å²) in [5, 5.41) is 17.1. The number of H-pyrrole nitrogens is 1. The van der Waals surface area contributed by atoms with E-state index in [-0.39, 0.29) is 5.56 Å². The van der Waals surface area contributed by atoms with Gasteiger partial charge in [-0.25, -0.2) is 9.89 Å². The summed E-state index contributed by atoms with van der Waals surface area (Å²) in [6.45, 7) is 0.